The van der Waals surface area contributed by atoms with Gasteiger partial charge < -0.3 is 5.32 Å². The molecule has 1 aromatic carbocycles. The molecule has 0 unspecified atom stereocenters. The first-order valence-electron chi connectivity index (χ1n) is 6.27. The van der Waals surface area contributed by atoms with E-state index in [2.05, 4.69) is 15.6 Å². The van der Waals surface area contributed by atoms with Crippen LogP contribution in [0.4, 0.5) is 16.5 Å². The average Bonchev–Trinajstić information content (AvgIpc) is 2.84. The van der Waals surface area contributed by atoms with Crippen LogP contribution in [0.2, 0.25) is 0 Å². The summed E-state index contributed by atoms with van der Waals surface area (Å²) in [7, 11) is 0. The van der Waals surface area contributed by atoms with E-state index in [0.29, 0.717) is 17.4 Å². The zero-order valence-corrected chi connectivity index (χ0v) is 12.4. The monoisotopic (exact) mass is 306 g/mol. The number of amides is 1. The van der Waals surface area contributed by atoms with Crippen molar-refractivity contribution >= 4 is 33.8 Å². The molecule has 0 radical (unpaired) electrons. The van der Waals surface area contributed by atoms with E-state index in [-0.39, 0.29) is 11.3 Å². The standard InChI is InChI=1S/C13H14N4O3S/c1-3-14-9-4-5-11(17(19)20)10(6-9)12(18)16-13-15-7-8(2)21-13/h4-7,14H,3H2,1-2H3,(H,15,16,18). The van der Waals surface area contributed by atoms with Crippen LogP contribution in [0.5, 0.6) is 0 Å². The van der Waals surface area contributed by atoms with Gasteiger partial charge in [0.05, 0.1) is 4.92 Å². The number of rotatable bonds is 5. The Morgan fingerprint density at radius 2 is 2.24 bits per heavy atom. The molecule has 1 aromatic heterocycles. The van der Waals surface area contributed by atoms with Crippen LogP contribution in [0.15, 0.2) is 24.4 Å². The molecule has 110 valence electrons. The Morgan fingerprint density at radius 3 is 2.81 bits per heavy atom. The Labute approximate surface area is 125 Å². The Balaban J connectivity index is 2.32. The normalized spacial score (nSPS) is 10.2. The maximum absolute atomic E-state index is 12.2. The highest BCUT2D eigenvalue weighted by Crippen LogP contribution is 2.25. The number of hydrogen-bond acceptors (Lipinski definition) is 6. The summed E-state index contributed by atoms with van der Waals surface area (Å²) in [6.07, 6.45) is 1.63. The van der Waals surface area contributed by atoms with E-state index in [4.69, 9.17) is 0 Å². The number of benzene rings is 1. The van der Waals surface area contributed by atoms with Crippen molar-refractivity contribution in [2.24, 2.45) is 0 Å². The van der Waals surface area contributed by atoms with Gasteiger partial charge in [-0.1, -0.05) is 0 Å². The third kappa shape index (κ3) is 3.54. The number of thiazole rings is 1. The lowest BCUT2D eigenvalue weighted by Crippen LogP contribution is -2.14. The molecular formula is C13H14N4O3S. The van der Waals surface area contributed by atoms with Crippen LogP contribution in [-0.2, 0) is 0 Å². The SMILES string of the molecule is CCNc1ccc([N+](=O)[O-])c(C(=O)Nc2ncc(C)s2)c1. The van der Waals surface area contributed by atoms with E-state index in [9.17, 15) is 14.9 Å². The molecule has 0 fully saturated rings. The molecule has 0 bridgehead atoms. The second-order valence-corrected chi connectivity index (χ2v) is 5.48. The molecular weight excluding hydrogens is 292 g/mol. The molecule has 0 spiro atoms. The minimum absolute atomic E-state index is 0.00584. The van der Waals surface area contributed by atoms with Crippen LogP contribution in [0.1, 0.15) is 22.2 Å². The Kier molecular flexibility index (Phi) is 4.49. The highest BCUT2D eigenvalue weighted by molar-refractivity contribution is 7.15. The summed E-state index contributed by atoms with van der Waals surface area (Å²) in [5.41, 5.74) is 0.428. The first kappa shape index (κ1) is 14.9. The van der Waals surface area contributed by atoms with Crippen molar-refractivity contribution < 1.29 is 9.72 Å². The predicted octanol–water partition coefficient (Wildman–Crippen LogP) is 3.04. The van der Waals surface area contributed by atoms with E-state index >= 15 is 0 Å². The number of carbonyl (C=O) groups is 1. The molecule has 1 amide bonds. The number of hydrogen-bond donors (Lipinski definition) is 2. The molecule has 2 N–H and O–H groups in total. The van der Waals surface area contributed by atoms with Gasteiger partial charge in [0.25, 0.3) is 11.6 Å². The molecule has 8 heteroatoms. The summed E-state index contributed by atoms with van der Waals surface area (Å²) in [6, 6.07) is 4.36. The van der Waals surface area contributed by atoms with Gasteiger partial charge in [-0.25, -0.2) is 4.98 Å². The zero-order chi connectivity index (χ0) is 15.4. The Bertz CT molecular complexity index is 684. The van der Waals surface area contributed by atoms with Crippen molar-refractivity contribution in [2.45, 2.75) is 13.8 Å². The van der Waals surface area contributed by atoms with E-state index in [1.54, 1.807) is 12.3 Å². The zero-order valence-electron chi connectivity index (χ0n) is 11.5. The second kappa shape index (κ2) is 6.31. The average molecular weight is 306 g/mol. The van der Waals surface area contributed by atoms with Gasteiger partial charge in [-0.2, -0.15) is 0 Å². The molecule has 7 nitrogen and oxygen atoms in total. The van der Waals surface area contributed by atoms with Crippen LogP contribution in [-0.4, -0.2) is 22.4 Å². The van der Waals surface area contributed by atoms with E-state index < -0.39 is 10.8 Å². The van der Waals surface area contributed by atoms with Crippen molar-refractivity contribution in [3.05, 3.63) is 45.0 Å². The van der Waals surface area contributed by atoms with Gasteiger partial charge >= 0.3 is 0 Å². The maximum atomic E-state index is 12.2. The smallest absolute Gasteiger partial charge is 0.282 e. The molecule has 0 aliphatic rings. The number of nitrogens with zero attached hydrogens (tertiary/aromatic N) is 2. The highest BCUT2D eigenvalue weighted by Gasteiger charge is 2.21. The maximum Gasteiger partial charge on any atom is 0.282 e. The number of anilines is 2. The molecule has 2 rings (SSSR count). The van der Waals surface area contributed by atoms with E-state index in [0.717, 1.165) is 4.88 Å². The third-order valence-electron chi connectivity index (χ3n) is 2.66. The summed E-state index contributed by atoms with van der Waals surface area (Å²) in [4.78, 5) is 27.7. The predicted molar refractivity (Wildman–Crippen MR) is 82.1 cm³/mol. The number of aromatic nitrogens is 1. The van der Waals surface area contributed by atoms with Crippen molar-refractivity contribution in [1.29, 1.82) is 0 Å². The van der Waals surface area contributed by atoms with Crippen LogP contribution in [0.25, 0.3) is 0 Å². The summed E-state index contributed by atoms with van der Waals surface area (Å²) >= 11 is 1.31. The Morgan fingerprint density at radius 1 is 1.48 bits per heavy atom. The lowest BCUT2D eigenvalue weighted by molar-refractivity contribution is -0.385. The molecule has 0 aliphatic heterocycles. The van der Waals surface area contributed by atoms with E-state index in [1.807, 2.05) is 13.8 Å². The lowest BCUT2D eigenvalue weighted by atomic mass is 10.1. The number of carbonyl (C=O) groups excluding carboxylic acids is 1. The van der Waals surface area contributed by atoms with Crippen LogP contribution in [0, 0.1) is 17.0 Å². The van der Waals surface area contributed by atoms with Gasteiger partial charge in [-0.15, -0.1) is 11.3 Å². The molecule has 0 aliphatic carbocycles. The fourth-order valence-electron chi connectivity index (χ4n) is 1.77. The number of nitrogens with one attached hydrogen (secondary N) is 2. The van der Waals surface area contributed by atoms with Crippen LogP contribution >= 0.6 is 11.3 Å². The fourth-order valence-corrected chi connectivity index (χ4v) is 2.43. The van der Waals surface area contributed by atoms with Gasteiger partial charge in [0, 0.05) is 29.4 Å². The first-order chi connectivity index (χ1) is 10.0. The van der Waals surface area contributed by atoms with Gasteiger partial charge in [0.1, 0.15) is 5.56 Å². The van der Waals surface area contributed by atoms with Gasteiger partial charge in [0.15, 0.2) is 5.13 Å². The van der Waals surface area contributed by atoms with E-state index in [1.165, 1.54) is 23.5 Å². The highest BCUT2D eigenvalue weighted by atomic mass is 32.1. The number of nitro benzene ring substituents is 1. The first-order valence-corrected chi connectivity index (χ1v) is 7.09. The van der Waals surface area contributed by atoms with Crippen molar-refractivity contribution in [3.63, 3.8) is 0 Å². The number of nitro groups is 1. The minimum Gasteiger partial charge on any atom is -0.385 e. The molecule has 1 heterocycles. The summed E-state index contributed by atoms with van der Waals surface area (Å²) in [5, 5.41) is 17.1. The quantitative estimate of drug-likeness (QED) is 0.653. The van der Waals surface area contributed by atoms with Gasteiger partial charge in [-0.05, 0) is 26.0 Å². The van der Waals surface area contributed by atoms with Crippen molar-refractivity contribution in [1.82, 2.24) is 4.98 Å². The summed E-state index contributed by atoms with van der Waals surface area (Å²) < 4.78 is 0. The molecule has 0 atom stereocenters. The Hall–Kier alpha value is -2.48. The molecule has 21 heavy (non-hydrogen) atoms. The third-order valence-corrected chi connectivity index (χ3v) is 3.49. The van der Waals surface area contributed by atoms with Gasteiger partial charge in [0.2, 0.25) is 0 Å². The lowest BCUT2D eigenvalue weighted by Gasteiger charge is -2.07. The number of aryl methyl sites for hydroxylation is 1. The van der Waals surface area contributed by atoms with Crippen molar-refractivity contribution in [3.8, 4) is 0 Å². The largest absolute Gasteiger partial charge is 0.385 e. The van der Waals surface area contributed by atoms with Crippen LogP contribution < -0.4 is 10.6 Å². The van der Waals surface area contributed by atoms with Crippen molar-refractivity contribution in [2.75, 3.05) is 17.2 Å². The molecule has 0 saturated heterocycles. The minimum atomic E-state index is -0.572. The summed E-state index contributed by atoms with van der Waals surface area (Å²) in [5.74, 6) is -0.546. The second-order valence-electron chi connectivity index (χ2n) is 4.25. The molecule has 0 saturated carbocycles. The fraction of sp³-hybridized carbons (Fsp3) is 0.231. The topological polar surface area (TPSA) is 97.2 Å². The summed E-state index contributed by atoms with van der Waals surface area (Å²) in [6.45, 7) is 4.42. The van der Waals surface area contributed by atoms with Gasteiger partial charge in [-0.3, -0.25) is 20.2 Å². The van der Waals surface area contributed by atoms with Crippen LogP contribution in [0.3, 0.4) is 0 Å². The molecule has 2 aromatic rings.